The molecule has 8 heteroatoms. The maximum absolute atomic E-state index is 13.1. The fourth-order valence-electron chi connectivity index (χ4n) is 3.73. The van der Waals surface area contributed by atoms with Crippen LogP contribution in [-0.4, -0.2) is 33.8 Å². The average molecular weight is 417 g/mol. The summed E-state index contributed by atoms with van der Waals surface area (Å²) in [5.41, 5.74) is 10.00. The Balaban J connectivity index is 1.70. The highest BCUT2D eigenvalue weighted by Crippen LogP contribution is 2.37. The number of carbonyl (C=O) groups is 1. The predicted molar refractivity (Wildman–Crippen MR) is 119 cm³/mol. The summed E-state index contributed by atoms with van der Waals surface area (Å²) in [5, 5.41) is 2.97. The molecule has 0 saturated carbocycles. The maximum atomic E-state index is 13.1. The number of benzene rings is 2. The van der Waals surface area contributed by atoms with Crippen LogP contribution in [0.2, 0.25) is 0 Å². The molecule has 0 fully saturated rings. The van der Waals surface area contributed by atoms with Gasteiger partial charge in [0.25, 0.3) is 5.91 Å². The van der Waals surface area contributed by atoms with Gasteiger partial charge in [-0.1, -0.05) is 26.0 Å². The van der Waals surface area contributed by atoms with Crippen LogP contribution in [-0.2, 0) is 0 Å². The highest BCUT2D eigenvalue weighted by molar-refractivity contribution is 6.11. The molecular weight excluding hydrogens is 394 g/mol. The van der Waals surface area contributed by atoms with E-state index in [2.05, 4.69) is 19.2 Å². The Kier molecular flexibility index (Phi) is 4.62. The summed E-state index contributed by atoms with van der Waals surface area (Å²) in [6, 6.07) is 13.1. The fraction of sp³-hybridized carbons (Fsp3) is 0.261. The van der Waals surface area contributed by atoms with Crippen molar-refractivity contribution in [1.82, 2.24) is 19.9 Å². The molecule has 0 aliphatic carbocycles. The highest BCUT2D eigenvalue weighted by Gasteiger charge is 2.25. The lowest BCUT2D eigenvalue weighted by Gasteiger charge is -2.09. The first-order valence-electron chi connectivity index (χ1n) is 10.3. The van der Waals surface area contributed by atoms with E-state index in [1.807, 2.05) is 42.5 Å². The molecule has 158 valence electrons. The molecule has 1 aliphatic rings. The van der Waals surface area contributed by atoms with E-state index in [1.54, 1.807) is 4.57 Å². The van der Waals surface area contributed by atoms with Crippen molar-refractivity contribution in [1.29, 1.82) is 0 Å². The van der Waals surface area contributed by atoms with Gasteiger partial charge in [0.2, 0.25) is 6.79 Å². The number of carbonyl (C=O) groups excluding carboxylic acids is 1. The molecule has 0 bridgehead atoms. The maximum Gasteiger partial charge on any atom is 0.257 e. The van der Waals surface area contributed by atoms with Crippen molar-refractivity contribution >= 4 is 33.9 Å². The van der Waals surface area contributed by atoms with Gasteiger partial charge in [0, 0.05) is 12.6 Å². The molecule has 3 heterocycles. The van der Waals surface area contributed by atoms with Gasteiger partial charge in [-0.15, -0.1) is 0 Å². The molecule has 0 unspecified atom stereocenters. The zero-order chi connectivity index (χ0) is 21.5. The molecule has 2 aromatic heterocycles. The van der Waals surface area contributed by atoms with Crippen molar-refractivity contribution in [2.24, 2.45) is 5.92 Å². The lowest BCUT2D eigenvalue weighted by molar-refractivity contribution is 0.0954. The third kappa shape index (κ3) is 3.30. The first kappa shape index (κ1) is 19.2. The zero-order valence-corrected chi connectivity index (χ0v) is 17.4. The normalized spacial score (nSPS) is 12.7. The first-order chi connectivity index (χ1) is 15.0. The van der Waals surface area contributed by atoms with Crippen molar-refractivity contribution in [3.63, 3.8) is 0 Å². The number of hydrogen-bond acceptors (Lipinski definition) is 6. The van der Waals surface area contributed by atoms with Crippen LogP contribution in [0.1, 0.15) is 30.6 Å². The number of ether oxygens (including phenoxy) is 2. The molecule has 3 N–H and O–H groups in total. The van der Waals surface area contributed by atoms with Crippen molar-refractivity contribution in [2.45, 2.75) is 20.3 Å². The van der Waals surface area contributed by atoms with E-state index in [0.29, 0.717) is 46.2 Å². The van der Waals surface area contributed by atoms with E-state index in [1.165, 1.54) is 0 Å². The number of fused-ring (bicyclic) bond motifs is 3. The SMILES string of the molecule is CC(C)CCNC(=O)c1c(N)n(-c2ccc3c(c2)OCO3)c2nc3ccccc3nc12. The van der Waals surface area contributed by atoms with Gasteiger partial charge in [-0.2, -0.15) is 0 Å². The minimum atomic E-state index is -0.257. The summed E-state index contributed by atoms with van der Waals surface area (Å²) in [6.07, 6.45) is 0.876. The van der Waals surface area contributed by atoms with Gasteiger partial charge in [0.05, 0.1) is 16.7 Å². The topological polar surface area (TPSA) is 104 Å². The monoisotopic (exact) mass is 417 g/mol. The quantitative estimate of drug-likeness (QED) is 0.514. The molecule has 0 radical (unpaired) electrons. The second-order valence-corrected chi connectivity index (χ2v) is 7.96. The molecule has 0 saturated heterocycles. The van der Waals surface area contributed by atoms with Crippen LogP contribution in [0.25, 0.3) is 27.9 Å². The second-order valence-electron chi connectivity index (χ2n) is 7.96. The van der Waals surface area contributed by atoms with Gasteiger partial charge in [-0.3, -0.25) is 9.36 Å². The summed E-state index contributed by atoms with van der Waals surface area (Å²) in [4.78, 5) is 22.6. The molecule has 31 heavy (non-hydrogen) atoms. The summed E-state index contributed by atoms with van der Waals surface area (Å²) in [7, 11) is 0. The number of nitrogens with one attached hydrogen (secondary N) is 1. The van der Waals surface area contributed by atoms with Gasteiger partial charge in [0.15, 0.2) is 17.1 Å². The predicted octanol–water partition coefficient (Wildman–Crippen LogP) is 3.66. The van der Waals surface area contributed by atoms with Crippen LogP contribution < -0.4 is 20.5 Å². The van der Waals surface area contributed by atoms with E-state index < -0.39 is 0 Å². The lowest BCUT2D eigenvalue weighted by Crippen LogP contribution is -2.26. The van der Waals surface area contributed by atoms with Crippen LogP contribution in [0.3, 0.4) is 0 Å². The molecule has 4 aromatic rings. The number of anilines is 1. The number of hydrogen-bond donors (Lipinski definition) is 2. The van der Waals surface area contributed by atoms with E-state index in [-0.39, 0.29) is 18.5 Å². The fourth-order valence-corrected chi connectivity index (χ4v) is 3.73. The van der Waals surface area contributed by atoms with Crippen LogP contribution in [0.15, 0.2) is 42.5 Å². The third-order valence-electron chi connectivity index (χ3n) is 5.35. The number of nitrogens with zero attached hydrogens (tertiary/aromatic N) is 3. The van der Waals surface area contributed by atoms with Crippen LogP contribution in [0.5, 0.6) is 11.5 Å². The smallest absolute Gasteiger partial charge is 0.257 e. The Morgan fingerprint density at radius 1 is 1.13 bits per heavy atom. The van der Waals surface area contributed by atoms with E-state index >= 15 is 0 Å². The van der Waals surface area contributed by atoms with Gasteiger partial charge in [-0.25, -0.2) is 9.97 Å². The molecule has 1 aliphatic heterocycles. The van der Waals surface area contributed by atoms with Gasteiger partial charge < -0.3 is 20.5 Å². The van der Waals surface area contributed by atoms with Crippen LogP contribution in [0.4, 0.5) is 5.82 Å². The molecule has 2 aromatic carbocycles. The number of aromatic nitrogens is 3. The highest BCUT2D eigenvalue weighted by atomic mass is 16.7. The minimum Gasteiger partial charge on any atom is -0.454 e. The standard InChI is InChI=1S/C23H23N5O3/c1-13(2)9-10-25-23(29)19-20-22(27-16-6-4-3-5-15(16)26-20)28(21(19)24)14-7-8-17-18(11-14)31-12-30-17/h3-8,11,13H,9-10,12,24H2,1-2H3,(H,25,29). The van der Waals surface area contributed by atoms with Crippen LogP contribution >= 0.6 is 0 Å². The van der Waals surface area contributed by atoms with Crippen molar-refractivity contribution in [2.75, 3.05) is 19.1 Å². The molecule has 0 spiro atoms. The Labute approximate surface area is 179 Å². The average Bonchev–Trinajstić information content (AvgIpc) is 3.32. The zero-order valence-electron chi connectivity index (χ0n) is 17.4. The van der Waals surface area contributed by atoms with E-state index in [9.17, 15) is 4.79 Å². The number of nitrogens with two attached hydrogens (primary N) is 1. The molecule has 1 amide bonds. The Morgan fingerprint density at radius 3 is 2.65 bits per heavy atom. The Hall–Kier alpha value is -3.81. The van der Waals surface area contributed by atoms with Crippen molar-refractivity contribution in [3.05, 3.63) is 48.0 Å². The van der Waals surface area contributed by atoms with E-state index in [4.69, 9.17) is 25.2 Å². The summed E-state index contributed by atoms with van der Waals surface area (Å²) in [6.45, 7) is 4.97. The summed E-state index contributed by atoms with van der Waals surface area (Å²) < 4.78 is 12.7. The second kappa shape index (κ2) is 7.46. The summed E-state index contributed by atoms with van der Waals surface area (Å²) in [5.74, 6) is 1.80. The molecule has 0 atom stereocenters. The lowest BCUT2D eigenvalue weighted by atomic mass is 10.1. The minimum absolute atomic E-state index is 0.175. The molecule has 5 rings (SSSR count). The van der Waals surface area contributed by atoms with Gasteiger partial charge >= 0.3 is 0 Å². The Bertz CT molecular complexity index is 1310. The van der Waals surface area contributed by atoms with Crippen molar-refractivity contribution < 1.29 is 14.3 Å². The number of para-hydroxylation sites is 2. The van der Waals surface area contributed by atoms with Gasteiger partial charge in [-0.05, 0) is 36.6 Å². The first-order valence-corrected chi connectivity index (χ1v) is 10.3. The molecule has 8 nitrogen and oxygen atoms in total. The van der Waals surface area contributed by atoms with E-state index in [0.717, 1.165) is 17.6 Å². The molecular formula is C23H23N5O3. The van der Waals surface area contributed by atoms with Crippen LogP contribution in [0, 0.1) is 5.92 Å². The number of amides is 1. The summed E-state index contributed by atoms with van der Waals surface area (Å²) >= 11 is 0. The van der Waals surface area contributed by atoms with Crippen molar-refractivity contribution in [3.8, 4) is 17.2 Å². The van der Waals surface area contributed by atoms with Gasteiger partial charge in [0.1, 0.15) is 16.9 Å². The third-order valence-corrected chi connectivity index (χ3v) is 5.35. The number of rotatable bonds is 5. The number of nitrogen functional groups attached to an aromatic ring is 1. The Morgan fingerprint density at radius 2 is 1.87 bits per heavy atom. The largest absolute Gasteiger partial charge is 0.454 e.